The van der Waals surface area contributed by atoms with Crippen LogP contribution in [0.1, 0.15) is 19.8 Å². The zero-order valence-corrected chi connectivity index (χ0v) is 11.0. The molecule has 0 aromatic heterocycles. The monoisotopic (exact) mass is 274 g/mol. The number of ether oxygens (including phenoxy) is 1. The van der Waals surface area contributed by atoms with Gasteiger partial charge in [-0.05, 0) is 12.8 Å². The first-order valence-corrected chi connectivity index (χ1v) is 7.25. The third-order valence-corrected chi connectivity index (χ3v) is 4.66. The zero-order valence-electron chi connectivity index (χ0n) is 10.2. The molecule has 0 saturated carbocycles. The van der Waals surface area contributed by atoms with Crippen molar-refractivity contribution < 1.29 is 19.8 Å². The second-order valence-electron chi connectivity index (χ2n) is 4.74. The molecule has 0 bridgehead atoms. The van der Waals surface area contributed by atoms with Crippen molar-refractivity contribution in [3.05, 3.63) is 0 Å². The SMILES string of the molecule is CCC1OC2SC(N3CCCO3)=NC2C(O)C1O. The highest BCUT2D eigenvalue weighted by atomic mass is 32.2. The Bertz CT molecular complexity index is 348. The lowest BCUT2D eigenvalue weighted by Gasteiger charge is -2.37. The van der Waals surface area contributed by atoms with E-state index in [4.69, 9.17) is 9.57 Å². The molecule has 0 aliphatic carbocycles. The predicted octanol–water partition coefficient (Wildman–Crippen LogP) is -0.0482. The van der Waals surface area contributed by atoms with Crippen molar-refractivity contribution in [2.24, 2.45) is 4.99 Å². The maximum atomic E-state index is 10.1. The van der Waals surface area contributed by atoms with Crippen LogP contribution in [0.2, 0.25) is 0 Å². The van der Waals surface area contributed by atoms with Crippen LogP contribution in [0.5, 0.6) is 0 Å². The topological polar surface area (TPSA) is 74.5 Å². The molecular weight excluding hydrogens is 256 g/mol. The van der Waals surface area contributed by atoms with Crippen molar-refractivity contribution in [2.75, 3.05) is 13.2 Å². The van der Waals surface area contributed by atoms with E-state index in [2.05, 4.69) is 4.99 Å². The third kappa shape index (κ3) is 2.04. The predicted molar refractivity (Wildman–Crippen MR) is 67.1 cm³/mol. The third-order valence-electron chi connectivity index (χ3n) is 3.52. The highest BCUT2D eigenvalue weighted by Crippen LogP contribution is 2.38. The summed E-state index contributed by atoms with van der Waals surface area (Å²) in [5, 5.41) is 22.5. The number of aliphatic imine (C=N–C) groups is 1. The van der Waals surface area contributed by atoms with Crippen molar-refractivity contribution in [1.29, 1.82) is 0 Å². The van der Waals surface area contributed by atoms with Crippen molar-refractivity contribution >= 4 is 16.9 Å². The standard InChI is InChI=1S/C11H18N2O4S/c1-2-6-8(14)9(15)7-10(17-6)18-11(12-7)13-4-3-5-16-13/h6-10,14-15H,2-5H2,1H3. The Morgan fingerprint density at radius 3 is 2.94 bits per heavy atom. The highest BCUT2D eigenvalue weighted by Gasteiger charge is 2.48. The maximum Gasteiger partial charge on any atom is 0.186 e. The van der Waals surface area contributed by atoms with Crippen molar-refractivity contribution in [2.45, 2.75) is 49.6 Å². The second-order valence-corrected chi connectivity index (χ2v) is 5.81. The van der Waals surface area contributed by atoms with Gasteiger partial charge in [0.2, 0.25) is 0 Å². The Hall–Kier alpha value is -0.340. The fourth-order valence-corrected chi connectivity index (χ4v) is 3.68. The first-order valence-electron chi connectivity index (χ1n) is 6.37. The number of fused-ring (bicyclic) bond motifs is 1. The zero-order chi connectivity index (χ0) is 12.7. The number of aliphatic hydroxyl groups excluding tert-OH is 2. The molecule has 0 aromatic carbocycles. The first-order chi connectivity index (χ1) is 8.70. The summed E-state index contributed by atoms with van der Waals surface area (Å²) >= 11 is 1.47. The number of amidine groups is 1. The highest BCUT2D eigenvalue weighted by molar-refractivity contribution is 8.14. The molecule has 6 nitrogen and oxygen atoms in total. The van der Waals surface area contributed by atoms with Crippen LogP contribution in [0.3, 0.4) is 0 Å². The lowest BCUT2D eigenvalue weighted by atomic mass is 9.97. The molecule has 18 heavy (non-hydrogen) atoms. The van der Waals surface area contributed by atoms with Gasteiger partial charge in [-0.15, -0.1) is 0 Å². The lowest BCUT2D eigenvalue weighted by molar-refractivity contribution is -0.153. The second kappa shape index (κ2) is 4.97. The average Bonchev–Trinajstić information content (AvgIpc) is 3.01. The Morgan fingerprint density at radius 1 is 1.44 bits per heavy atom. The van der Waals surface area contributed by atoms with Crippen LogP contribution in [-0.4, -0.2) is 63.4 Å². The summed E-state index contributed by atoms with van der Waals surface area (Å²) in [6.45, 7) is 3.46. The summed E-state index contributed by atoms with van der Waals surface area (Å²) < 4.78 is 5.79. The molecule has 5 unspecified atom stereocenters. The van der Waals surface area contributed by atoms with Crippen LogP contribution in [-0.2, 0) is 9.57 Å². The van der Waals surface area contributed by atoms with Gasteiger partial charge in [0.25, 0.3) is 0 Å². The van der Waals surface area contributed by atoms with E-state index in [0.717, 1.165) is 18.1 Å². The van der Waals surface area contributed by atoms with Crippen molar-refractivity contribution in [3.8, 4) is 0 Å². The summed E-state index contributed by atoms with van der Waals surface area (Å²) in [7, 11) is 0. The van der Waals surface area contributed by atoms with Gasteiger partial charge < -0.3 is 14.9 Å². The Labute approximate surface area is 110 Å². The quantitative estimate of drug-likeness (QED) is 0.698. The summed E-state index contributed by atoms with van der Waals surface area (Å²) in [4.78, 5) is 9.88. The fraction of sp³-hybridized carbons (Fsp3) is 0.909. The Morgan fingerprint density at radius 2 is 2.28 bits per heavy atom. The molecule has 2 fully saturated rings. The van der Waals surface area contributed by atoms with E-state index >= 15 is 0 Å². The molecule has 0 amide bonds. The van der Waals surface area contributed by atoms with E-state index in [-0.39, 0.29) is 11.5 Å². The molecule has 3 rings (SSSR count). The summed E-state index contributed by atoms with van der Waals surface area (Å²) in [5.74, 6) is 0. The molecule has 0 spiro atoms. The van der Waals surface area contributed by atoms with Crippen LogP contribution in [0.25, 0.3) is 0 Å². The van der Waals surface area contributed by atoms with Crippen molar-refractivity contribution in [3.63, 3.8) is 0 Å². The molecule has 5 atom stereocenters. The van der Waals surface area contributed by atoms with Gasteiger partial charge in [-0.3, -0.25) is 9.83 Å². The minimum absolute atomic E-state index is 0.215. The Kier molecular flexibility index (Phi) is 3.50. The number of nitrogens with zero attached hydrogens (tertiary/aromatic N) is 2. The average molecular weight is 274 g/mol. The van der Waals surface area contributed by atoms with Gasteiger partial charge in [0.15, 0.2) is 5.17 Å². The number of hydrogen-bond donors (Lipinski definition) is 2. The number of hydroxylamine groups is 2. The number of rotatable bonds is 1. The normalized spacial score (nSPS) is 44.1. The summed E-state index contributed by atoms with van der Waals surface area (Å²) in [6, 6.07) is -0.396. The summed E-state index contributed by atoms with van der Waals surface area (Å²) in [5.41, 5.74) is -0.215. The van der Waals surface area contributed by atoms with Gasteiger partial charge in [0, 0.05) is 0 Å². The van der Waals surface area contributed by atoms with Gasteiger partial charge in [-0.2, -0.15) is 0 Å². The largest absolute Gasteiger partial charge is 0.388 e. The van der Waals surface area contributed by atoms with Crippen LogP contribution in [0, 0.1) is 0 Å². The van der Waals surface area contributed by atoms with Crippen LogP contribution in [0.4, 0.5) is 0 Å². The maximum absolute atomic E-state index is 10.1. The van der Waals surface area contributed by atoms with Gasteiger partial charge in [-0.25, -0.2) is 5.06 Å². The van der Waals surface area contributed by atoms with E-state index in [1.807, 2.05) is 6.92 Å². The minimum atomic E-state index is -0.862. The smallest absolute Gasteiger partial charge is 0.186 e. The van der Waals surface area contributed by atoms with E-state index < -0.39 is 18.2 Å². The van der Waals surface area contributed by atoms with E-state index in [0.29, 0.717) is 13.0 Å². The molecule has 2 saturated heterocycles. The molecule has 7 heteroatoms. The molecule has 0 aromatic rings. The fourth-order valence-electron chi connectivity index (χ4n) is 2.47. The van der Waals surface area contributed by atoms with E-state index in [1.54, 1.807) is 5.06 Å². The van der Waals surface area contributed by atoms with Crippen LogP contribution in [0.15, 0.2) is 4.99 Å². The van der Waals surface area contributed by atoms with Gasteiger partial charge in [0.05, 0.1) is 19.3 Å². The molecule has 0 radical (unpaired) electrons. The van der Waals surface area contributed by atoms with E-state index in [9.17, 15) is 10.2 Å². The number of thioether (sulfide) groups is 1. The molecule has 3 aliphatic heterocycles. The Balaban J connectivity index is 1.74. The minimum Gasteiger partial charge on any atom is -0.388 e. The molecular formula is C11H18N2O4S. The lowest BCUT2D eigenvalue weighted by Crippen LogP contribution is -2.54. The molecule has 3 aliphatic rings. The summed E-state index contributed by atoms with van der Waals surface area (Å²) in [6.07, 6.45) is -0.376. The van der Waals surface area contributed by atoms with Gasteiger partial charge >= 0.3 is 0 Å². The van der Waals surface area contributed by atoms with Gasteiger partial charge in [-0.1, -0.05) is 18.7 Å². The van der Waals surface area contributed by atoms with Crippen LogP contribution >= 0.6 is 11.8 Å². The van der Waals surface area contributed by atoms with Crippen LogP contribution < -0.4 is 0 Å². The molecule has 2 N–H and O–H groups in total. The van der Waals surface area contributed by atoms with Gasteiger partial charge in [0.1, 0.15) is 23.7 Å². The number of hydrogen-bond acceptors (Lipinski definition) is 7. The van der Waals surface area contributed by atoms with E-state index in [1.165, 1.54) is 11.8 Å². The number of aliphatic hydroxyl groups is 2. The molecule has 102 valence electrons. The first kappa shape index (κ1) is 12.7. The van der Waals surface area contributed by atoms with Crippen molar-refractivity contribution in [1.82, 2.24) is 5.06 Å². The molecule has 3 heterocycles.